The van der Waals surface area contributed by atoms with Crippen LogP contribution in [0.3, 0.4) is 0 Å². The maximum absolute atomic E-state index is 6.53. The van der Waals surface area contributed by atoms with Crippen LogP contribution >= 0.6 is 34.8 Å². The number of benzene rings is 2. The highest BCUT2D eigenvalue weighted by atomic mass is 35.5. The van der Waals surface area contributed by atoms with E-state index in [9.17, 15) is 0 Å². The lowest BCUT2D eigenvalue weighted by atomic mass is 10.1. The summed E-state index contributed by atoms with van der Waals surface area (Å²) in [5.74, 6) is 2.09. The van der Waals surface area contributed by atoms with Crippen LogP contribution in [-0.4, -0.2) is 28.9 Å². The van der Waals surface area contributed by atoms with Gasteiger partial charge < -0.3 is 20.9 Å². The summed E-state index contributed by atoms with van der Waals surface area (Å²) in [6.45, 7) is 7.19. The normalized spacial score (nSPS) is 15.9. The Morgan fingerprint density at radius 2 is 1.94 bits per heavy atom. The number of anilines is 1. The minimum atomic E-state index is 0.447. The Hall–Kier alpha value is -2.51. The fourth-order valence-electron chi connectivity index (χ4n) is 3.79. The summed E-state index contributed by atoms with van der Waals surface area (Å²) < 4.78 is 1.98. The molecule has 1 aliphatic heterocycles. The zero-order valence-electron chi connectivity index (χ0n) is 18.0. The van der Waals surface area contributed by atoms with E-state index in [1.165, 1.54) is 0 Å². The van der Waals surface area contributed by atoms with Crippen molar-refractivity contribution in [1.82, 2.24) is 20.2 Å². The quantitative estimate of drug-likeness (QED) is 0.360. The fraction of sp³-hybridized carbons (Fsp3) is 0.250. The van der Waals surface area contributed by atoms with Gasteiger partial charge in [-0.25, -0.2) is 9.98 Å². The van der Waals surface area contributed by atoms with E-state index < -0.39 is 0 Å². The topological polar surface area (TPSA) is 80.3 Å². The number of nitrogens with one attached hydrogen (secondary N) is 2. The van der Waals surface area contributed by atoms with E-state index in [0.29, 0.717) is 62.8 Å². The van der Waals surface area contributed by atoms with Crippen molar-refractivity contribution in [3.8, 4) is 11.4 Å². The minimum Gasteiger partial charge on any atom is -0.383 e. The molecule has 33 heavy (non-hydrogen) atoms. The van der Waals surface area contributed by atoms with Gasteiger partial charge in [0.1, 0.15) is 23.2 Å². The van der Waals surface area contributed by atoms with Gasteiger partial charge in [0.05, 0.1) is 21.8 Å². The summed E-state index contributed by atoms with van der Waals surface area (Å²) in [5.41, 5.74) is 8.80. The lowest BCUT2D eigenvalue weighted by Crippen LogP contribution is -2.17. The van der Waals surface area contributed by atoms with Crippen LogP contribution < -0.4 is 16.4 Å². The van der Waals surface area contributed by atoms with Crippen molar-refractivity contribution >= 4 is 46.8 Å². The molecule has 2 heterocycles. The molecule has 1 unspecified atom stereocenters. The Kier molecular flexibility index (Phi) is 7.60. The molecular formula is C24H25Cl3N6. The van der Waals surface area contributed by atoms with Crippen molar-refractivity contribution in [2.24, 2.45) is 10.9 Å². The van der Waals surface area contributed by atoms with Gasteiger partial charge in [-0.15, -0.1) is 0 Å². The first-order chi connectivity index (χ1) is 15.9. The van der Waals surface area contributed by atoms with E-state index in [1.807, 2.05) is 34.9 Å². The van der Waals surface area contributed by atoms with Crippen LogP contribution in [0.25, 0.3) is 11.4 Å². The predicted octanol–water partition coefficient (Wildman–Crippen LogP) is 5.38. The average Bonchev–Trinajstić information content (AvgIpc) is 3.41. The van der Waals surface area contributed by atoms with E-state index in [-0.39, 0.29) is 0 Å². The Morgan fingerprint density at radius 3 is 2.61 bits per heavy atom. The molecule has 1 atom stereocenters. The monoisotopic (exact) mass is 502 g/mol. The number of hydrogen-bond donors (Lipinski definition) is 3. The highest BCUT2D eigenvalue weighted by molar-refractivity contribution is 6.39. The molecule has 0 amide bonds. The zero-order valence-corrected chi connectivity index (χ0v) is 20.3. The zero-order chi connectivity index (χ0) is 23.4. The third-order valence-corrected chi connectivity index (χ3v) is 6.46. The number of aromatic nitrogens is 2. The lowest BCUT2D eigenvalue weighted by Gasteiger charge is -2.15. The molecule has 1 fully saturated rings. The second-order valence-corrected chi connectivity index (χ2v) is 9.21. The van der Waals surface area contributed by atoms with Gasteiger partial charge in [-0.05, 0) is 55.3 Å². The molecule has 0 spiro atoms. The van der Waals surface area contributed by atoms with Crippen molar-refractivity contribution in [1.29, 1.82) is 0 Å². The van der Waals surface area contributed by atoms with Gasteiger partial charge in [0.2, 0.25) is 0 Å². The van der Waals surface area contributed by atoms with Crippen LogP contribution in [0.5, 0.6) is 0 Å². The van der Waals surface area contributed by atoms with E-state index >= 15 is 0 Å². The van der Waals surface area contributed by atoms with Crippen LogP contribution in [0.4, 0.5) is 5.82 Å². The van der Waals surface area contributed by atoms with Gasteiger partial charge in [0, 0.05) is 18.1 Å². The van der Waals surface area contributed by atoms with Gasteiger partial charge in [-0.1, -0.05) is 59.6 Å². The molecule has 172 valence electrons. The molecule has 0 saturated carbocycles. The van der Waals surface area contributed by atoms with E-state index in [1.54, 1.807) is 18.3 Å². The number of rotatable bonds is 8. The maximum atomic E-state index is 6.53. The van der Waals surface area contributed by atoms with Crippen molar-refractivity contribution in [2.75, 3.05) is 18.8 Å². The molecule has 9 heteroatoms. The Bertz CT molecular complexity index is 1140. The smallest absolute Gasteiger partial charge is 0.145 e. The lowest BCUT2D eigenvalue weighted by molar-refractivity contribution is 0.488. The molecule has 3 aromatic rings. The van der Waals surface area contributed by atoms with Gasteiger partial charge in [-0.3, -0.25) is 0 Å². The molecule has 1 saturated heterocycles. The number of imidazole rings is 1. The summed E-state index contributed by atoms with van der Waals surface area (Å²) in [7, 11) is 0. The second kappa shape index (κ2) is 10.6. The fourth-order valence-corrected chi connectivity index (χ4v) is 4.48. The maximum Gasteiger partial charge on any atom is 0.145 e. The molecule has 0 bridgehead atoms. The summed E-state index contributed by atoms with van der Waals surface area (Å²) in [6, 6.07) is 13.0. The number of nitrogen functional groups attached to an aromatic ring is 1. The van der Waals surface area contributed by atoms with Gasteiger partial charge >= 0.3 is 0 Å². The van der Waals surface area contributed by atoms with Crippen LogP contribution in [-0.2, 0) is 13.1 Å². The summed E-state index contributed by atoms with van der Waals surface area (Å²) >= 11 is 18.9. The third-order valence-electron chi connectivity index (χ3n) is 5.58. The Morgan fingerprint density at radius 1 is 1.21 bits per heavy atom. The van der Waals surface area contributed by atoms with Crippen molar-refractivity contribution < 1.29 is 0 Å². The standard InChI is InChI=1S/C24H25Cl3N6/c1-15(30-12-16-5-7-18(25)8-6-16)31-13-21-23(28)33(14-17-9-10-29-11-17)24(32-21)22-19(26)3-2-4-20(22)27/h2-8,13,17,29-30H,1,9-12,14,28H2/b31-13-. The number of halogens is 3. The first-order valence-corrected chi connectivity index (χ1v) is 11.8. The SMILES string of the molecule is C=C(/N=C\c1nc(-c2c(Cl)cccc2Cl)n(CC2CCNC2)c1N)NCc1ccc(Cl)cc1. The molecule has 1 aromatic heterocycles. The highest BCUT2D eigenvalue weighted by Gasteiger charge is 2.23. The molecular weight excluding hydrogens is 479 g/mol. The molecule has 4 N–H and O–H groups in total. The second-order valence-electron chi connectivity index (χ2n) is 7.96. The molecule has 0 aliphatic carbocycles. The number of hydrogen-bond acceptors (Lipinski definition) is 5. The van der Waals surface area contributed by atoms with Crippen LogP contribution in [0.2, 0.25) is 15.1 Å². The summed E-state index contributed by atoms with van der Waals surface area (Å²) in [6.07, 6.45) is 2.69. The van der Waals surface area contributed by atoms with Crippen molar-refractivity contribution in [3.63, 3.8) is 0 Å². The van der Waals surface area contributed by atoms with Gasteiger partial charge in [0.15, 0.2) is 0 Å². The summed E-state index contributed by atoms with van der Waals surface area (Å²) in [4.78, 5) is 9.18. The Balaban J connectivity index is 1.58. The average molecular weight is 504 g/mol. The van der Waals surface area contributed by atoms with E-state index in [4.69, 9.17) is 45.5 Å². The number of aliphatic imine (C=N–C) groups is 1. The van der Waals surface area contributed by atoms with E-state index in [0.717, 1.165) is 25.1 Å². The van der Waals surface area contributed by atoms with Gasteiger partial charge in [0.25, 0.3) is 0 Å². The minimum absolute atomic E-state index is 0.447. The highest BCUT2D eigenvalue weighted by Crippen LogP contribution is 2.36. The number of nitrogens with zero attached hydrogens (tertiary/aromatic N) is 3. The molecule has 2 aromatic carbocycles. The van der Waals surface area contributed by atoms with Crippen LogP contribution in [0.15, 0.2) is 59.9 Å². The molecule has 4 rings (SSSR count). The number of nitrogens with two attached hydrogens (primary N) is 1. The largest absolute Gasteiger partial charge is 0.383 e. The first kappa shape index (κ1) is 23.6. The van der Waals surface area contributed by atoms with E-state index in [2.05, 4.69) is 22.2 Å². The van der Waals surface area contributed by atoms with Crippen LogP contribution in [0, 0.1) is 5.92 Å². The Labute approximate surface area is 208 Å². The molecule has 1 aliphatic rings. The van der Waals surface area contributed by atoms with Gasteiger partial charge in [-0.2, -0.15) is 0 Å². The predicted molar refractivity (Wildman–Crippen MR) is 138 cm³/mol. The molecule has 6 nitrogen and oxygen atoms in total. The van der Waals surface area contributed by atoms with Crippen molar-refractivity contribution in [2.45, 2.75) is 19.5 Å². The third kappa shape index (κ3) is 5.71. The van der Waals surface area contributed by atoms with Crippen molar-refractivity contribution in [3.05, 3.63) is 81.2 Å². The molecule has 0 radical (unpaired) electrons. The van der Waals surface area contributed by atoms with Crippen LogP contribution in [0.1, 0.15) is 17.7 Å². The first-order valence-electron chi connectivity index (χ1n) is 10.6. The summed E-state index contributed by atoms with van der Waals surface area (Å²) in [5, 5.41) is 8.31.